The maximum Gasteiger partial charge on any atom is 0.258 e. The highest BCUT2D eigenvalue weighted by Gasteiger charge is 2.13. The number of halogens is 1. The highest BCUT2D eigenvalue weighted by Crippen LogP contribution is 2.28. The van der Waals surface area contributed by atoms with Crippen molar-refractivity contribution in [2.75, 3.05) is 18.2 Å². The van der Waals surface area contributed by atoms with Gasteiger partial charge in [-0.25, -0.2) is 0 Å². The van der Waals surface area contributed by atoms with Crippen molar-refractivity contribution in [1.29, 1.82) is 0 Å². The molecule has 0 atom stereocenters. The van der Waals surface area contributed by atoms with E-state index < -0.39 is 0 Å². The topological polar surface area (TPSA) is 64.3 Å². The van der Waals surface area contributed by atoms with E-state index in [1.165, 1.54) is 0 Å². The van der Waals surface area contributed by atoms with Gasteiger partial charge in [-0.1, -0.05) is 12.1 Å². The smallest absolute Gasteiger partial charge is 0.258 e. The third-order valence-corrected chi connectivity index (χ3v) is 3.60. The number of ether oxygens (including phenoxy) is 1. The molecule has 0 aliphatic carbocycles. The van der Waals surface area contributed by atoms with Crippen molar-refractivity contribution < 1.29 is 9.53 Å². The third kappa shape index (κ3) is 2.93. The van der Waals surface area contributed by atoms with Crippen molar-refractivity contribution in [3.63, 3.8) is 0 Å². The molecule has 5 heteroatoms. The van der Waals surface area contributed by atoms with Crippen LogP contribution in [0, 0.1) is 6.92 Å². The Balaban J connectivity index is 2.28. The van der Waals surface area contributed by atoms with Crippen molar-refractivity contribution in [2.45, 2.75) is 6.92 Å². The molecule has 4 nitrogen and oxygen atoms in total. The second-order valence-electron chi connectivity index (χ2n) is 4.34. The standard InChI is InChI=1S/C15H15BrN2O2/c1-9-4-3-5-12(17)14(9)15(19)18-10-6-7-11(16)13(8-10)20-2/h3-8H,17H2,1-2H3,(H,18,19). The average molecular weight is 335 g/mol. The molecule has 0 saturated heterocycles. The van der Waals surface area contributed by atoms with Gasteiger partial charge in [-0.15, -0.1) is 0 Å². The highest BCUT2D eigenvalue weighted by atomic mass is 79.9. The first-order valence-electron chi connectivity index (χ1n) is 6.03. The number of hydrogen-bond acceptors (Lipinski definition) is 3. The van der Waals surface area contributed by atoms with Crippen LogP contribution in [0.2, 0.25) is 0 Å². The molecule has 20 heavy (non-hydrogen) atoms. The monoisotopic (exact) mass is 334 g/mol. The van der Waals surface area contributed by atoms with Crippen LogP contribution >= 0.6 is 15.9 Å². The van der Waals surface area contributed by atoms with Gasteiger partial charge in [0.2, 0.25) is 0 Å². The maximum atomic E-state index is 12.3. The summed E-state index contributed by atoms with van der Waals surface area (Å²) in [5.41, 5.74) is 8.31. The van der Waals surface area contributed by atoms with Gasteiger partial charge >= 0.3 is 0 Å². The molecule has 2 rings (SSSR count). The van der Waals surface area contributed by atoms with E-state index in [2.05, 4.69) is 21.2 Å². The van der Waals surface area contributed by atoms with Crippen molar-refractivity contribution in [1.82, 2.24) is 0 Å². The van der Waals surface area contributed by atoms with Gasteiger partial charge in [0.15, 0.2) is 0 Å². The van der Waals surface area contributed by atoms with Crippen molar-refractivity contribution in [3.8, 4) is 5.75 Å². The molecule has 0 bridgehead atoms. The van der Waals surface area contributed by atoms with Crippen LogP contribution < -0.4 is 15.8 Å². The van der Waals surface area contributed by atoms with Gasteiger partial charge in [0, 0.05) is 17.4 Å². The average Bonchev–Trinajstić information content (AvgIpc) is 2.40. The third-order valence-electron chi connectivity index (χ3n) is 2.94. The molecule has 0 saturated carbocycles. The number of amides is 1. The van der Waals surface area contributed by atoms with Crippen LogP contribution in [-0.2, 0) is 0 Å². The van der Waals surface area contributed by atoms with E-state index in [-0.39, 0.29) is 5.91 Å². The fourth-order valence-corrected chi connectivity index (χ4v) is 2.34. The summed E-state index contributed by atoms with van der Waals surface area (Å²) < 4.78 is 6.02. The maximum absolute atomic E-state index is 12.3. The van der Waals surface area contributed by atoms with Gasteiger partial charge in [-0.3, -0.25) is 4.79 Å². The van der Waals surface area contributed by atoms with Gasteiger partial charge < -0.3 is 15.8 Å². The van der Waals surface area contributed by atoms with E-state index >= 15 is 0 Å². The number of hydrogen-bond donors (Lipinski definition) is 2. The molecule has 1 amide bonds. The fraction of sp³-hybridized carbons (Fsp3) is 0.133. The molecule has 0 radical (unpaired) electrons. The molecule has 0 spiro atoms. The number of nitrogen functional groups attached to an aromatic ring is 1. The molecule has 2 aromatic rings. The van der Waals surface area contributed by atoms with E-state index in [0.717, 1.165) is 10.0 Å². The van der Waals surface area contributed by atoms with E-state index in [4.69, 9.17) is 10.5 Å². The van der Waals surface area contributed by atoms with Gasteiger partial charge in [0.1, 0.15) is 5.75 Å². The van der Waals surface area contributed by atoms with E-state index in [1.54, 1.807) is 25.3 Å². The highest BCUT2D eigenvalue weighted by molar-refractivity contribution is 9.10. The predicted octanol–water partition coefficient (Wildman–Crippen LogP) is 3.60. The fourth-order valence-electron chi connectivity index (χ4n) is 1.93. The lowest BCUT2D eigenvalue weighted by molar-refractivity contribution is 0.102. The van der Waals surface area contributed by atoms with E-state index in [1.807, 2.05) is 25.1 Å². The van der Waals surface area contributed by atoms with Gasteiger partial charge in [0.05, 0.1) is 17.1 Å². The lowest BCUT2D eigenvalue weighted by Gasteiger charge is -2.11. The molecule has 3 N–H and O–H groups in total. The number of anilines is 2. The van der Waals surface area contributed by atoms with Crippen LogP contribution in [0.15, 0.2) is 40.9 Å². The van der Waals surface area contributed by atoms with Crippen LogP contribution in [0.25, 0.3) is 0 Å². The summed E-state index contributed by atoms with van der Waals surface area (Å²) in [7, 11) is 1.57. The first-order chi connectivity index (χ1) is 9.52. The van der Waals surface area contributed by atoms with Crippen LogP contribution in [-0.4, -0.2) is 13.0 Å². The molecule has 2 aromatic carbocycles. The van der Waals surface area contributed by atoms with E-state index in [0.29, 0.717) is 22.7 Å². The number of methoxy groups -OCH3 is 1. The summed E-state index contributed by atoms with van der Waals surface area (Å²) in [6.07, 6.45) is 0. The molecule has 0 aliphatic rings. The largest absolute Gasteiger partial charge is 0.495 e. The number of nitrogens with two attached hydrogens (primary N) is 1. The summed E-state index contributed by atoms with van der Waals surface area (Å²) in [5.74, 6) is 0.422. The Morgan fingerprint density at radius 3 is 2.70 bits per heavy atom. The van der Waals surface area contributed by atoms with E-state index in [9.17, 15) is 4.79 Å². The lowest BCUT2D eigenvalue weighted by Crippen LogP contribution is -2.15. The molecule has 0 fully saturated rings. The number of carbonyl (C=O) groups excluding carboxylic acids is 1. The number of benzene rings is 2. The van der Waals surface area contributed by atoms with Gasteiger partial charge in [-0.2, -0.15) is 0 Å². The number of aryl methyl sites for hydroxylation is 1. The molecular formula is C15H15BrN2O2. The number of nitrogens with one attached hydrogen (secondary N) is 1. The number of rotatable bonds is 3. The van der Waals surface area contributed by atoms with Crippen LogP contribution in [0.5, 0.6) is 5.75 Å². The Bertz CT molecular complexity index is 636. The van der Waals surface area contributed by atoms with Gasteiger partial charge in [-0.05, 0) is 46.6 Å². The second kappa shape index (κ2) is 5.96. The first kappa shape index (κ1) is 14.4. The minimum absolute atomic E-state index is 0.232. The zero-order chi connectivity index (χ0) is 14.7. The van der Waals surface area contributed by atoms with Crippen LogP contribution in [0.1, 0.15) is 15.9 Å². The Labute approximate surface area is 126 Å². The molecule has 104 valence electrons. The Morgan fingerprint density at radius 1 is 1.30 bits per heavy atom. The summed E-state index contributed by atoms with van der Waals surface area (Å²) >= 11 is 3.37. The summed E-state index contributed by atoms with van der Waals surface area (Å²) in [6.45, 7) is 1.85. The Hall–Kier alpha value is -2.01. The summed E-state index contributed by atoms with van der Waals surface area (Å²) in [6, 6.07) is 10.7. The second-order valence-corrected chi connectivity index (χ2v) is 5.20. The van der Waals surface area contributed by atoms with Gasteiger partial charge in [0.25, 0.3) is 5.91 Å². The van der Waals surface area contributed by atoms with Crippen molar-refractivity contribution >= 4 is 33.2 Å². The Morgan fingerprint density at radius 2 is 2.05 bits per heavy atom. The Kier molecular flexibility index (Phi) is 4.29. The molecule has 0 aliphatic heterocycles. The summed E-state index contributed by atoms with van der Waals surface area (Å²) in [4.78, 5) is 12.3. The zero-order valence-electron chi connectivity index (χ0n) is 11.2. The molecule has 0 heterocycles. The zero-order valence-corrected chi connectivity index (χ0v) is 12.8. The number of carbonyl (C=O) groups is 1. The minimum Gasteiger partial charge on any atom is -0.495 e. The predicted molar refractivity (Wildman–Crippen MR) is 84.2 cm³/mol. The van der Waals surface area contributed by atoms with Crippen LogP contribution in [0.4, 0.5) is 11.4 Å². The normalized spacial score (nSPS) is 10.2. The lowest BCUT2D eigenvalue weighted by atomic mass is 10.1. The molecule has 0 unspecified atom stereocenters. The van der Waals surface area contributed by atoms with Crippen molar-refractivity contribution in [2.24, 2.45) is 0 Å². The minimum atomic E-state index is -0.232. The van der Waals surface area contributed by atoms with Crippen molar-refractivity contribution in [3.05, 3.63) is 52.0 Å². The SMILES string of the molecule is COc1cc(NC(=O)c2c(C)cccc2N)ccc1Br. The molecule has 0 aromatic heterocycles. The van der Waals surface area contributed by atoms with Crippen LogP contribution in [0.3, 0.4) is 0 Å². The molecular weight excluding hydrogens is 320 g/mol. The summed E-state index contributed by atoms with van der Waals surface area (Å²) in [5, 5.41) is 2.82. The first-order valence-corrected chi connectivity index (χ1v) is 6.82. The quantitative estimate of drug-likeness (QED) is 0.843.